The second-order valence-electron chi connectivity index (χ2n) is 10.4. The highest BCUT2D eigenvalue weighted by Crippen LogP contribution is 2.28. The number of hydrogen-bond donors (Lipinski definition) is 1. The number of sulfonamides is 1. The zero-order valence-corrected chi connectivity index (χ0v) is 24.7. The van der Waals surface area contributed by atoms with Crippen LogP contribution in [0.4, 0.5) is 5.69 Å². The zero-order chi connectivity index (χ0) is 28.9. The summed E-state index contributed by atoms with van der Waals surface area (Å²) in [6.07, 6.45) is 3.98. The Morgan fingerprint density at radius 1 is 0.925 bits per heavy atom. The first-order valence-corrected chi connectivity index (χ1v) is 15.4. The van der Waals surface area contributed by atoms with Gasteiger partial charge in [0.05, 0.1) is 10.6 Å². The lowest BCUT2D eigenvalue weighted by molar-refractivity contribution is -0.139. The molecule has 3 aromatic rings. The summed E-state index contributed by atoms with van der Waals surface area (Å²) in [4.78, 5) is 28.9. The van der Waals surface area contributed by atoms with Crippen LogP contribution >= 0.6 is 11.6 Å². The van der Waals surface area contributed by atoms with Crippen molar-refractivity contribution >= 4 is 39.1 Å². The maximum atomic E-state index is 14.1. The molecular weight excluding hydrogens is 546 g/mol. The van der Waals surface area contributed by atoms with Crippen LogP contribution in [0.1, 0.15) is 49.3 Å². The summed E-state index contributed by atoms with van der Waals surface area (Å²) in [5, 5.41) is 3.50. The van der Waals surface area contributed by atoms with Gasteiger partial charge in [-0.05, 0) is 80.6 Å². The molecule has 1 unspecified atom stereocenters. The molecule has 0 aromatic heterocycles. The summed E-state index contributed by atoms with van der Waals surface area (Å²) < 4.78 is 29.0. The lowest BCUT2D eigenvalue weighted by Gasteiger charge is -2.33. The minimum atomic E-state index is -4.14. The van der Waals surface area contributed by atoms with Gasteiger partial charge in [0.1, 0.15) is 12.6 Å². The highest BCUT2D eigenvalue weighted by molar-refractivity contribution is 7.92. The van der Waals surface area contributed by atoms with E-state index in [1.807, 2.05) is 37.3 Å². The van der Waals surface area contributed by atoms with Crippen molar-refractivity contribution in [2.75, 3.05) is 10.8 Å². The Bertz CT molecular complexity index is 1450. The van der Waals surface area contributed by atoms with E-state index in [-0.39, 0.29) is 23.4 Å². The summed E-state index contributed by atoms with van der Waals surface area (Å²) in [6.45, 7) is 5.15. The summed E-state index contributed by atoms with van der Waals surface area (Å²) in [7, 11) is -4.14. The van der Waals surface area contributed by atoms with Crippen LogP contribution in [-0.4, -0.2) is 43.8 Å². The summed E-state index contributed by atoms with van der Waals surface area (Å²) in [5.41, 5.74) is 2.96. The molecule has 3 aromatic carbocycles. The average Bonchev–Trinajstić information content (AvgIpc) is 3.44. The first-order valence-electron chi connectivity index (χ1n) is 13.6. The Kier molecular flexibility index (Phi) is 9.53. The Balaban J connectivity index is 1.70. The van der Waals surface area contributed by atoms with E-state index >= 15 is 0 Å². The highest BCUT2D eigenvalue weighted by atomic mass is 35.5. The fourth-order valence-corrected chi connectivity index (χ4v) is 6.64. The quantitative estimate of drug-likeness (QED) is 0.336. The molecule has 9 heteroatoms. The summed E-state index contributed by atoms with van der Waals surface area (Å²) in [6, 6.07) is 19.9. The van der Waals surface area contributed by atoms with Gasteiger partial charge in [-0.2, -0.15) is 0 Å². The van der Waals surface area contributed by atoms with Crippen molar-refractivity contribution in [3.63, 3.8) is 0 Å². The summed E-state index contributed by atoms with van der Waals surface area (Å²) in [5.74, 6) is -0.713. The first kappa shape index (κ1) is 29.6. The second-order valence-corrected chi connectivity index (χ2v) is 12.7. The molecule has 40 heavy (non-hydrogen) atoms. The van der Waals surface area contributed by atoms with Gasteiger partial charge >= 0.3 is 0 Å². The monoisotopic (exact) mass is 581 g/mol. The summed E-state index contributed by atoms with van der Waals surface area (Å²) >= 11 is 6.02. The molecule has 4 rings (SSSR count). The number of halogens is 1. The number of hydrogen-bond acceptors (Lipinski definition) is 4. The molecular formula is C31H36ClN3O4S. The topological polar surface area (TPSA) is 86.8 Å². The van der Waals surface area contributed by atoms with Gasteiger partial charge < -0.3 is 10.2 Å². The molecule has 0 heterocycles. The van der Waals surface area contributed by atoms with E-state index in [1.54, 1.807) is 32.0 Å². The number of rotatable bonds is 10. The SMILES string of the molecule is Cc1ccccc1CN(C(=O)CN(c1ccccc1C)S(=O)(=O)c1ccc(Cl)cc1)C(C)C(=O)NC1CCCC1. The third-order valence-corrected chi connectivity index (χ3v) is 9.56. The van der Waals surface area contributed by atoms with Crippen LogP contribution in [0.3, 0.4) is 0 Å². The van der Waals surface area contributed by atoms with Gasteiger partial charge in [0.15, 0.2) is 0 Å². The van der Waals surface area contributed by atoms with Crippen molar-refractivity contribution in [1.82, 2.24) is 10.2 Å². The maximum absolute atomic E-state index is 14.1. The van der Waals surface area contributed by atoms with Crippen molar-refractivity contribution in [1.29, 1.82) is 0 Å². The molecule has 0 radical (unpaired) electrons. The van der Waals surface area contributed by atoms with Crippen LogP contribution in [0, 0.1) is 13.8 Å². The molecule has 0 bridgehead atoms. The van der Waals surface area contributed by atoms with Gasteiger partial charge in [0, 0.05) is 17.6 Å². The van der Waals surface area contributed by atoms with Crippen molar-refractivity contribution in [2.24, 2.45) is 0 Å². The number of anilines is 1. The van der Waals surface area contributed by atoms with Gasteiger partial charge in [-0.15, -0.1) is 0 Å². The van der Waals surface area contributed by atoms with Crippen LogP contribution in [0.25, 0.3) is 0 Å². The Labute approximate surface area is 242 Å². The minimum absolute atomic E-state index is 0.0189. The normalized spacial score (nSPS) is 14.5. The third kappa shape index (κ3) is 6.85. The van der Waals surface area contributed by atoms with Crippen LogP contribution in [0.5, 0.6) is 0 Å². The van der Waals surface area contributed by atoms with E-state index in [4.69, 9.17) is 11.6 Å². The molecule has 1 aliphatic carbocycles. The number of carbonyl (C=O) groups excluding carboxylic acids is 2. The van der Waals surface area contributed by atoms with Crippen LogP contribution in [0.2, 0.25) is 5.02 Å². The fraction of sp³-hybridized carbons (Fsp3) is 0.355. The van der Waals surface area contributed by atoms with E-state index < -0.39 is 28.5 Å². The van der Waals surface area contributed by atoms with Crippen molar-refractivity contribution in [3.05, 3.63) is 94.5 Å². The van der Waals surface area contributed by atoms with E-state index in [0.717, 1.165) is 41.1 Å². The van der Waals surface area contributed by atoms with E-state index in [1.165, 1.54) is 29.2 Å². The van der Waals surface area contributed by atoms with E-state index in [0.29, 0.717) is 16.3 Å². The maximum Gasteiger partial charge on any atom is 0.264 e. The largest absolute Gasteiger partial charge is 0.352 e. The zero-order valence-electron chi connectivity index (χ0n) is 23.1. The predicted molar refractivity (Wildman–Crippen MR) is 159 cm³/mol. The van der Waals surface area contributed by atoms with Crippen molar-refractivity contribution in [2.45, 2.75) is 70.0 Å². The molecule has 1 saturated carbocycles. The Morgan fingerprint density at radius 3 is 2.15 bits per heavy atom. The van der Waals surface area contributed by atoms with Gasteiger partial charge in [0.25, 0.3) is 10.0 Å². The van der Waals surface area contributed by atoms with Crippen LogP contribution in [-0.2, 0) is 26.2 Å². The van der Waals surface area contributed by atoms with Gasteiger partial charge in [-0.3, -0.25) is 13.9 Å². The number of nitrogens with zero attached hydrogens (tertiary/aromatic N) is 2. The fourth-order valence-electron chi connectivity index (χ4n) is 5.04. The van der Waals surface area contributed by atoms with Crippen molar-refractivity contribution < 1.29 is 18.0 Å². The van der Waals surface area contributed by atoms with Crippen molar-refractivity contribution in [3.8, 4) is 0 Å². The second kappa shape index (κ2) is 12.9. The number of nitrogens with one attached hydrogen (secondary N) is 1. The lowest BCUT2D eigenvalue weighted by Crippen LogP contribution is -2.52. The lowest BCUT2D eigenvalue weighted by atomic mass is 10.1. The van der Waals surface area contributed by atoms with E-state index in [2.05, 4.69) is 5.32 Å². The third-order valence-electron chi connectivity index (χ3n) is 7.54. The standard InChI is InChI=1S/C31H36ClN3O4S/c1-22-10-4-6-12-25(22)20-34(24(3)31(37)33-27-13-7-8-14-27)30(36)21-35(29-15-9-5-11-23(29)2)40(38,39)28-18-16-26(32)17-19-28/h4-6,9-12,15-19,24,27H,7-8,13-14,20-21H2,1-3H3,(H,33,37). The molecule has 1 fully saturated rings. The molecule has 212 valence electrons. The smallest absolute Gasteiger partial charge is 0.264 e. The molecule has 0 aliphatic heterocycles. The number of para-hydroxylation sites is 1. The number of aryl methyl sites for hydroxylation is 2. The Morgan fingerprint density at radius 2 is 1.52 bits per heavy atom. The van der Waals surface area contributed by atoms with Crippen LogP contribution in [0.15, 0.2) is 77.7 Å². The molecule has 7 nitrogen and oxygen atoms in total. The Hall–Kier alpha value is -3.36. The van der Waals surface area contributed by atoms with Gasteiger partial charge in [-0.25, -0.2) is 8.42 Å². The number of carbonyl (C=O) groups is 2. The van der Waals surface area contributed by atoms with Gasteiger partial charge in [-0.1, -0.05) is 66.9 Å². The average molecular weight is 582 g/mol. The number of amides is 2. The number of benzene rings is 3. The predicted octanol–water partition coefficient (Wildman–Crippen LogP) is 5.63. The van der Waals surface area contributed by atoms with Crippen LogP contribution < -0.4 is 9.62 Å². The molecule has 0 spiro atoms. The first-order chi connectivity index (χ1) is 19.1. The highest BCUT2D eigenvalue weighted by Gasteiger charge is 2.34. The van der Waals surface area contributed by atoms with Gasteiger partial charge in [0.2, 0.25) is 11.8 Å². The molecule has 2 amide bonds. The molecule has 0 saturated heterocycles. The molecule has 1 N–H and O–H groups in total. The molecule has 1 atom stereocenters. The van der Waals surface area contributed by atoms with E-state index in [9.17, 15) is 18.0 Å². The molecule has 1 aliphatic rings. The minimum Gasteiger partial charge on any atom is -0.352 e.